The van der Waals surface area contributed by atoms with E-state index >= 15 is 0 Å². The van der Waals surface area contributed by atoms with Gasteiger partial charge in [-0.05, 0) is 73.0 Å². The van der Waals surface area contributed by atoms with Gasteiger partial charge in [0.15, 0.2) is 0 Å². The SMILES string of the molecule is COc1ccc(C(=O)Nc2cc(C)ccc2N2CCCN(Cc3ccc(C(F)(F)F)cc3)C2=O)cc1. The number of hydrogen-bond acceptors (Lipinski definition) is 3. The molecule has 0 aromatic heterocycles. The molecule has 9 heteroatoms. The highest BCUT2D eigenvalue weighted by molar-refractivity contribution is 6.07. The zero-order chi connectivity index (χ0) is 25.9. The Hall–Kier alpha value is -4.01. The molecule has 0 aliphatic carbocycles. The Bertz CT molecular complexity index is 1240. The summed E-state index contributed by atoms with van der Waals surface area (Å²) in [5, 5.41) is 2.91. The minimum Gasteiger partial charge on any atom is -0.497 e. The van der Waals surface area contributed by atoms with Crippen molar-refractivity contribution < 1.29 is 27.5 Å². The summed E-state index contributed by atoms with van der Waals surface area (Å²) in [4.78, 5) is 29.5. The predicted octanol–water partition coefficient (Wildman–Crippen LogP) is 6.11. The highest BCUT2D eigenvalue weighted by Gasteiger charge is 2.31. The summed E-state index contributed by atoms with van der Waals surface area (Å²) < 4.78 is 43.8. The first-order valence-electron chi connectivity index (χ1n) is 11.4. The molecule has 1 fully saturated rings. The van der Waals surface area contributed by atoms with Gasteiger partial charge in [0, 0.05) is 25.2 Å². The van der Waals surface area contributed by atoms with E-state index in [1.807, 2.05) is 13.0 Å². The van der Waals surface area contributed by atoms with Gasteiger partial charge in [-0.3, -0.25) is 9.69 Å². The van der Waals surface area contributed by atoms with Crippen molar-refractivity contribution in [1.29, 1.82) is 0 Å². The number of ether oxygens (including phenoxy) is 1. The molecule has 1 heterocycles. The molecule has 0 unspecified atom stereocenters. The van der Waals surface area contributed by atoms with E-state index in [-0.39, 0.29) is 18.5 Å². The minimum atomic E-state index is -4.41. The van der Waals surface area contributed by atoms with Gasteiger partial charge >= 0.3 is 12.2 Å². The minimum absolute atomic E-state index is 0.187. The lowest BCUT2D eigenvalue weighted by Gasteiger charge is -2.36. The number of benzene rings is 3. The molecule has 0 saturated carbocycles. The lowest BCUT2D eigenvalue weighted by Crippen LogP contribution is -2.49. The van der Waals surface area contributed by atoms with E-state index in [9.17, 15) is 22.8 Å². The summed E-state index contributed by atoms with van der Waals surface area (Å²) in [6.07, 6.45) is -3.74. The van der Waals surface area contributed by atoms with Gasteiger partial charge in [-0.1, -0.05) is 18.2 Å². The van der Waals surface area contributed by atoms with Crippen molar-refractivity contribution in [3.05, 3.63) is 89.0 Å². The molecule has 0 bridgehead atoms. The lowest BCUT2D eigenvalue weighted by molar-refractivity contribution is -0.137. The van der Waals surface area contributed by atoms with Crippen molar-refractivity contribution in [2.45, 2.75) is 26.1 Å². The average Bonchev–Trinajstić information content (AvgIpc) is 2.85. The number of rotatable bonds is 6. The number of hydrogen-bond donors (Lipinski definition) is 1. The van der Waals surface area contributed by atoms with E-state index < -0.39 is 11.7 Å². The number of carbonyl (C=O) groups excluding carboxylic acids is 2. The molecular weight excluding hydrogens is 471 g/mol. The average molecular weight is 498 g/mol. The normalized spacial score (nSPS) is 14.1. The van der Waals surface area contributed by atoms with Crippen LogP contribution in [-0.4, -0.2) is 37.0 Å². The van der Waals surface area contributed by atoms with Crippen molar-refractivity contribution in [2.24, 2.45) is 0 Å². The first kappa shape index (κ1) is 25.1. The van der Waals surface area contributed by atoms with E-state index in [4.69, 9.17) is 4.74 Å². The smallest absolute Gasteiger partial charge is 0.416 e. The number of urea groups is 1. The van der Waals surface area contributed by atoms with E-state index in [1.165, 1.54) is 12.1 Å². The number of nitrogens with one attached hydrogen (secondary N) is 1. The van der Waals surface area contributed by atoms with Crippen molar-refractivity contribution in [3.63, 3.8) is 0 Å². The van der Waals surface area contributed by atoms with Crippen molar-refractivity contribution >= 4 is 23.3 Å². The Morgan fingerprint density at radius 2 is 1.69 bits per heavy atom. The number of nitrogens with zero attached hydrogens (tertiary/aromatic N) is 2. The van der Waals surface area contributed by atoms with E-state index in [0.717, 1.165) is 17.7 Å². The number of methoxy groups -OCH3 is 1. The van der Waals surface area contributed by atoms with Gasteiger partial charge in [0.2, 0.25) is 0 Å². The highest BCUT2D eigenvalue weighted by atomic mass is 19.4. The van der Waals surface area contributed by atoms with Crippen LogP contribution < -0.4 is 15.0 Å². The Balaban J connectivity index is 1.53. The molecule has 1 aliphatic rings. The third-order valence-corrected chi connectivity index (χ3v) is 6.01. The Morgan fingerprint density at radius 1 is 1.00 bits per heavy atom. The molecule has 0 atom stereocenters. The fourth-order valence-electron chi connectivity index (χ4n) is 4.09. The molecule has 188 valence electrons. The molecular formula is C27H26F3N3O3. The number of alkyl halides is 3. The Labute approximate surface area is 207 Å². The summed E-state index contributed by atoms with van der Waals surface area (Å²) in [5.41, 5.74) is 2.29. The lowest BCUT2D eigenvalue weighted by atomic mass is 10.1. The van der Waals surface area contributed by atoms with Crippen LogP contribution in [0.4, 0.5) is 29.3 Å². The third-order valence-electron chi connectivity index (χ3n) is 6.01. The quantitative estimate of drug-likeness (QED) is 0.447. The van der Waals surface area contributed by atoms with Crippen LogP contribution in [0, 0.1) is 6.92 Å². The zero-order valence-electron chi connectivity index (χ0n) is 19.9. The van der Waals surface area contributed by atoms with Crippen molar-refractivity contribution in [1.82, 2.24) is 4.90 Å². The second kappa shape index (κ2) is 10.3. The van der Waals surface area contributed by atoms with Crippen molar-refractivity contribution in [2.75, 3.05) is 30.4 Å². The molecule has 1 saturated heterocycles. The Morgan fingerprint density at radius 3 is 2.33 bits per heavy atom. The number of halogens is 3. The molecule has 6 nitrogen and oxygen atoms in total. The van der Waals surface area contributed by atoms with E-state index in [2.05, 4.69) is 5.32 Å². The van der Waals surface area contributed by atoms with Gasteiger partial charge in [0.05, 0.1) is 24.0 Å². The van der Waals surface area contributed by atoms with E-state index in [1.54, 1.807) is 53.3 Å². The van der Waals surface area contributed by atoms with Gasteiger partial charge < -0.3 is 15.0 Å². The molecule has 3 amide bonds. The van der Waals surface area contributed by atoms with Crippen LogP contribution in [0.2, 0.25) is 0 Å². The predicted molar refractivity (Wildman–Crippen MR) is 131 cm³/mol. The monoisotopic (exact) mass is 497 g/mol. The van der Waals surface area contributed by atoms with Crippen LogP contribution in [0.1, 0.15) is 33.5 Å². The third kappa shape index (κ3) is 5.62. The van der Waals surface area contributed by atoms with Crippen LogP contribution >= 0.6 is 0 Å². The largest absolute Gasteiger partial charge is 0.497 e. The summed E-state index contributed by atoms with van der Waals surface area (Å²) in [5.74, 6) is 0.311. The van der Waals surface area contributed by atoms with Gasteiger partial charge in [-0.25, -0.2) is 4.79 Å². The number of aryl methyl sites for hydroxylation is 1. The zero-order valence-corrected chi connectivity index (χ0v) is 19.9. The molecule has 3 aromatic carbocycles. The molecule has 1 N–H and O–H groups in total. The second-order valence-electron chi connectivity index (χ2n) is 8.61. The van der Waals surface area contributed by atoms with Crippen molar-refractivity contribution in [3.8, 4) is 5.75 Å². The maximum absolute atomic E-state index is 13.4. The fourth-order valence-corrected chi connectivity index (χ4v) is 4.09. The van der Waals surface area contributed by atoms with E-state index in [0.29, 0.717) is 47.8 Å². The molecule has 36 heavy (non-hydrogen) atoms. The topological polar surface area (TPSA) is 61.9 Å². The van der Waals surface area contributed by atoms with Crippen LogP contribution in [0.5, 0.6) is 5.75 Å². The van der Waals surface area contributed by atoms with Crippen LogP contribution in [0.3, 0.4) is 0 Å². The number of carbonyl (C=O) groups is 2. The standard InChI is InChI=1S/C27H26F3N3O3/c1-18-4-13-24(23(16-18)31-25(34)20-7-11-22(36-2)12-8-20)33-15-3-14-32(26(33)35)17-19-5-9-21(10-6-19)27(28,29)30/h4-13,16H,3,14-15,17H2,1-2H3,(H,31,34). The second-order valence-corrected chi connectivity index (χ2v) is 8.61. The molecule has 4 rings (SSSR count). The highest BCUT2D eigenvalue weighted by Crippen LogP contribution is 2.32. The van der Waals surface area contributed by atoms with Gasteiger partial charge in [0.1, 0.15) is 5.75 Å². The van der Waals surface area contributed by atoms with Gasteiger partial charge in [-0.2, -0.15) is 13.2 Å². The van der Waals surface area contributed by atoms with Gasteiger partial charge in [0.25, 0.3) is 5.91 Å². The Kier molecular flexibility index (Phi) is 7.19. The maximum atomic E-state index is 13.4. The summed E-state index contributed by atoms with van der Waals surface area (Å²) >= 11 is 0. The molecule has 3 aromatic rings. The number of anilines is 2. The molecule has 0 radical (unpaired) electrons. The maximum Gasteiger partial charge on any atom is 0.416 e. The first-order valence-corrected chi connectivity index (χ1v) is 11.4. The summed E-state index contributed by atoms with van der Waals surface area (Å²) in [7, 11) is 1.55. The molecule has 1 aliphatic heterocycles. The van der Waals surface area contributed by atoms with Crippen LogP contribution in [0.25, 0.3) is 0 Å². The first-order chi connectivity index (χ1) is 17.2. The summed E-state index contributed by atoms with van der Waals surface area (Å²) in [6.45, 7) is 3.02. The molecule has 0 spiro atoms. The number of amides is 3. The summed E-state index contributed by atoms with van der Waals surface area (Å²) in [6, 6.07) is 16.7. The fraction of sp³-hybridized carbons (Fsp3) is 0.259. The van der Waals surface area contributed by atoms with Crippen LogP contribution in [0.15, 0.2) is 66.7 Å². The van der Waals surface area contributed by atoms with Crippen LogP contribution in [-0.2, 0) is 12.7 Å². The van der Waals surface area contributed by atoms with Gasteiger partial charge in [-0.15, -0.1) is 0 Å².